The Kier molecular flexibility index (Phi) is 14.8. The molecule has 0 aliphatic heterocycles. The van der Waals surface area contributed by atoms with Gasteiger partial charge in [0.1, 0.15) is 0 Å². The molecule has 1 aromatic rings. The van der Waals surface area contributed by atoms with Crippen molar-refractivity contribution in [3.63, 3.8) is 0 Å². The van der Waals surface area contributed by atoms with Gasteiger partial charge in [0.25, 0.3) is 0 Å². The third-order valence-electron chi connectivity index (χ3n) is 3.23. The fourth-order valence-electron chi connectivity index (χ4n) is 2.01. The molecule has 0 heterocycles. The average Bonchev–Trinajstić information content (AvgIpc) is 2.35. The van der Waals surface area contributed by atoms with E-state index in [0.29, 0.717) is 12.1 Å². The molecule has 0 aliphatic carbocycles. The maximum absolute atomic E-state index is 10.8. The molecule has 0 saturated heterocycles. The molecular weight excluding hydrogens is 332 g/mol. The van der Waals surface area contributed by atoms with E-state index in [9.17, 15) is 18.9 Å². The van der Waals surface area contributed by atoms with E-state index in [2.05, 4.69) is 6.55 Å². The number of hydrogen-bond donors (Lipinski definition) is 0. The summed E-state index contributed by atoms with van der Waals surface area (Å²) in [5.41, 5.74) is 0. The zero-order valence-electron chi connectivity index (χ0n) is 12.3. The molecule has 0 radical (unpaired) electrons. The summed E-state index contributed by atoms with van der Waals surface area (Å²) in [6.45, 7) is 2.07. The molecule has 0 amide bonds. The molecular formula is C11H18Na2O4P2Si. The summed E-state index contributed by atoms with van der Waals surface area (Å²) in [7, 11) is -7.45. The second-order valence-electron chi connectivity index (χ2n) is 4.67. The van der Waals surface area contributed by atoms with Gasteiger partial charge in [-0.05, 0) is 24.4 Å². The van der Waals surface area contributed by atoms with Crippen molar-refractivity contribution in [1.29, 1.82) is 0 Å². The summed E-state index contributed by atoms with van der Waals surface area (Å²) in [6.07, 6.45) is 0.365. The van der Waals surface area contributed by atoms with E-state index in [0.717, 1.165) is 5.19 Å². The van der Waals surface area contributed by atoms with Crippen molar-refractivity contribution in [2.45, 2.75) is 18.6 Å². The van der Waals surface area contributed by atoms with Crippen molar-refractivity contribution < 1.29 is 78.0 Å². The Morgan fingerprint density at radius 3 is 1.70 bits per heavy atom. The number of rotatable bonds is 7. The Labute approximate surface area is 167 Å². The number of hydrogen-bond acceptors (Lipinski definition) is 4. The predicted molar refractivity (Wildman–Crippen MR) is 75.0 cm³/mol. The summed E-state index contributed by atoms with van der Waals surface area (Å²) >= 11 is 0. The monoisotopic (exact) mass is 350 g/mol. The smallest absolute Gasteiger partial charge is 0.802 e. The fraction of sp³-hybridized carbons (Fsp3) is 0.455. The molecule has 9 heteroatoms. The van der Waals surface area contributed by atoms with Crippen LogP contribution in [0.4, 0.5) is 0 Å². The molecule has 0 aliphatic rings. The van der Waals surface area contributed by atoms with E-state index >= 15 is 0 Å². The van der Waals surface area contributed by atoms with E-state index < -0.39 is 24.1 Å². The van der Waals surface area contributed by atoms with Gasteiger partial charge >= 0.3 is 59.1 Å². The van der Waals surface area contributed by atoms with Crippen LogP contribution in [0.25, 0.3) is 0 Å². The Morgan fingerprint density at radius 1 is 0.950 bits per heavy atom. The summed E-state index contributed by atoms with van der Waals surface area (Å²) in [4.78, 5) is 21.6. The summed E-state index contributed by atoms with van der Waals surface area (Å²) in [5.74, 6) is 0. The van der Waals surface area contributed by atoms with Gasteiger partial charge < -0.3 is 18.9 Å². The van der Waals surface area contributed by atoms with E-state index in [-0.39, 0.29) is 71.4 Å². The van der Waals surface area contributed by atoms with Crippen molar-refractivity contribution in [1.82, 2.24) is 0 Å². The summed E-state index contributed by atoms with van der Waals surface area (Å²) in [6, 6.07) is 10.9. The normalized spacial score (nSPS) is 16.1. The minimum atomic E-state index is -2.73. The maximum Gasteiger partial charge on any atom is 1.00 e. The Hall–Kier alpha value is 1.82. The standard InChI is InChI=1S/C11H20O4P2Si.2Na/c1-18(9-7-16(12)13,10-8-17(14)15)11-5-3-2-4-6-11;;/h2-6,16-17H,7-10H2,1H3,(H,12,13)(H,14,15);;/q;2*+1/p-2. The van der Waals surface area contributed by atoms with Crippen molar-refractivity contribution in [3.05, 3.63) is 30.3 Å². The van der Waals surface area contributed by atoms with Crippen molar-refractivity contribution in [3.8, 4) is 0 Å². The second-order valence-corrected chi connectivity index (χ2v) is 11.9. The maximum atomic E-state index is 10.8. The van der Waals surface area contributed by atoms with Gasteiger partial charge in [0, 0.05) is 16.1 Å². The molecule has 0 aromatic heterocycles. The first-order valence-electron chi connectivity index (χ1n) is 5.89. The van der Waals surface area contributed by atoms with E-state index in [1.54, 1.807) is 0 Å². The van der Waals surface area contributed by atoms with Crippen LogP contribution in [0.15, 0.2) is 30.3 Å². The van der Waals surface area contributed by atoms with Gasteiger partial charge in [-0.25, -0.2) is 0 Å². The van der Waals surface area contributed by atoms with Gasteiger partial charge in [-0.15, -0.1) is 0 Å². The molecule has 2 atom stereocenters. The first-order chi connectivity index (χ1) is 8.44. The third kappa shape index (κ3) is 9.07. The van der Waals surface area contributed by atoms with Crippen molar-refractivity contribution in [2.75, 3.05) is 12.3 Å². The molecule has 4 nitrogen and oxygen atoms in total. The zero-order valence-corrected chi connectivity index (χ0v) is 19.3. The first-order valence-corrected chi connectivity index (χ1v) is 11.9. The minimum absolute atomic E-state index is 0. The van der Waals surface area contributed by atoms with Gasteiger partial charge in [-0.2, -0.15) is 0 Å². The van der Waals surface area contributed by atoms with Gasteiger partial charge in [0.05, 0.1) is 8.07 Å². The van der Waals surface area contributed by atoms with Crippen LogP contribution in [0, 0.1) is 0 Å². The van der Waals surface area contributed by atoms with Crippen LogP contribution in [-0.4, -0.2) is 20.4 Å². The quantitative estimate of drug-likeness (QED) is 0.363. The van der Waals surface area contributed by atoms with Crippen LogP contribution in [0.3, 0.4) is 0 Å². The molecule has 0 saturated carbocycles. The SMILES string of the molecule is C[Si](CC[PH](=O)[O-])(CC[PH](=O)[O-])c1ccccc1.[Na+].[Na+]. The van der Waals surface area contributed by atoms with E-state index in [1.165, 1.54) is 0 Å². The predicted octanol–water partition coefficient (Wildman–Crippen LogP) is -5.35. The molecule has 0 fully saturated rings. The van der Waals surface area contributed by atoms with E-state index in [1.807, 2.05) is 30.3 Å². The third-order valence-corrected chi connectivity index (χ3v) is 9.98. The van der Waals surface area contributed by atoms with Crippen molar-refractivity contribution in [2.24, 2.45) is 0 Å². The van der Waals surface area contributed by atoms with Crippen LogP contribution in [-0.2, 0) is 9.13 Å². The van der Waals surface area contributed by atoms with Crippen LogP contribution in [0.2, 0.25) is 18.6 Å². The summed E-state index contributed by atoms with van der Waals surface area (Å²) in [5, 5.41) is 1.14. The molecule has 0 N–H and O–H groups in total. The molecule has 1 aromatic carbocycles. The van der Waals surface area contributed by atoms with E-state index in [4.69, 9.17) is 0 Å². The topological polar surface area (TPSA) is 80.3 Å². The second kappa shape index (κ2) is 12.3. The Morgan fingerprint density at radius 2 is 1.35 bits per heavy atom. The molecule has 102 valence electrons. The molecule has 0 spiro atoms. The molecule has 0 bridgehead atoms. The Bertz CT molecular complexity index is 416. The fourth-order valence-corrected chi connectivity index (χ4v) is 9.88. The number of benzene rings is 1. The average molecular weight is 350 g/mol. The van der Waals surface area contributed by atoms with Gasteiger partial charge in [0.15, 0.2) is 0 Å². The minimum Gasteiger partial charge on any atom is -0.802 e. The Balaban J connectivity index is 0. The largest absolute Gasteiger partial charge is 1.00 e. The first kappa shape index (κ1) is 24.1. The zero-order chi connectivity index (χ0) is 13.6. The van der Waals surface area contributed by atoms with Crippen LogP contribution in [0.5, 0.6) is 0 Å². The van der Waals surface area contributed by atoms with Crippen molar-refractivity contribution >= 4 is 29.3 Å². The van der Waals surface area contributed by atoms with Crippen LogP contribution in [0.1, 0.15) is 0 Å². The van der Waals surface area contributed by atoms with Gasteiger partial charge in [-0.3, -0.25) is 0 Å². The molecule has 2 unspecified atom stereocenters. The molecule has 1 rings (SSSR count). The van der Waals surface area contributed by atoms with Gasteiger partial charge in [-0.1, -0.05) is 42.1 Å². The van der Waals surface area contributed by atoms with Crippen LogP contribution >= 0.6 is 16.1 Å². The van der Waals surface area contributed by atoms with Crippen LogP contribution < -0.4 is 74.1 Å². The summed E-state index contributed by atoms with van der Waals surface area (Å²) < 4.78 is 21.6. The molecule has 20 heavy (non-hydrogen) atoms. The van der Waals surface area contributed by atoms with Gasteiger partial charge in [0.2, 0.25) is 0 Å².